The molecule has 0 aliphatic rings. The molecule has 1 amide bonds. The van der Waals surface area contributed by atoms with Crippen LogP contribution >= 0.6 is 0 Å². The largest absolute Gasteiger partial charge is 0.342 e. The standard InChI is InChI=1S/C14H23N3O3S/c1-3-17(4-2)14(18)10-16-21(19,20)11-13-7-5-12(9-15)6-8-13/h5-8,16H,3-4,9-11,15H2,1-2H3. The molecule has 0 radical (unpaired) electrons. The number of sulfonamides is 1. The molecule has 0 bridgehead atoms. The fraction of sp³-hybridized carbons (Fsp3) is 0.500. The number of amides is 1. The number of likely N-dealkylation sites (N-methyl/N-ethyl adjacent to an activating group) is 1. The molecule has 0 saturated carbocycles. The van der Waals surface area contributed by atoms with Gasteiger partial charge < -0.3 is 10.6 Å². The Morgan fingerprint density at radius 3 is 2.14 bits per heavy atom. The van der Waals surface area contributed by atoms with Crippen LogP contribution in [-0.2, 0) is 27.1 Å². The van der Waals surface area contributed by atoms with Gasteiger partial charge in [0.25, 0.3) is 0 Å². The van der Waals surface area contributed by atoms with Crippen molar-refractivity contribution in [3.63, 3.8) is 0 Å². The summed E-state index contributed by atoms with van der Waals surface area (Å²) in [5, 5.41) is 0. The summed E-state index contributed by atoms with van der Waals surface area (Å²) >= 11 is 0. The Labute approximate surface area is 126 Å². The molecule has 0 saturated heterocycles. The zero-order valence-corrected chi connectivity index (χ0v) is 13.3. The predicted molar refractivity (Wildman–Crippen MR) is 82.9 cm³/mol. The lowest BCUT2D eigenvalue weighted by atomic mass is 10.1. The van der Waals surface area contributed by atoms with Gasteiger partial charge in [-0.3, -0.25) is 4.79 Å². The number of rotatable bonds is 8. The van der Waals surface area contributed by atoms with E-state index in [2.05, 4.69) is 4.72 Å². The van der Waals surface area contributed by atoms with Gasteiger partial charge in [0, 0.05) is 19.6 Å². The number of nitrogens with zero attached hydrogens (tertiary/aromatic N) is 1. The van der Waals surface area contributed by atoms with Gasteiger partial charge in [-0.25, -0.2) is 13.1 Å². The number of nitrogens with one attached hydrogen (secondary N) is 1. The Morgan fingerprint density at radius 2 is 1.67 bits per heavy atom. The Kier molecular flexibility index (Phi) is 6.80. The number of carbonyl (C=O) groups is 1. The number of hydrogen-bond acceptors (Lipinski definition) is 4. The second-order valence-electron chi connectivity index (χ2n) is 4.67. The minimum absolute atomic E-state index is 0.149. The second kappa shape index (κ2) is 8.11. The first-order valence-corrected chi connectivity index (χ1v) is 8.60. The normalized spacial score (nSPS) is 11.4. The first-order valence-electron chi connectivity index (χ1n) is 6.94. The average molecular weight is 313 g/mol. The van der Waals surface area contributed by atoms with Crippen LogP contribution in [0.3, 0.4) is 0 Å². The third kappa shape index (κ3) is 5.82. The third-order valence-corrected chi connectivity index (χ3v) is 4.47. The molecular weight excluding hydrogens is 290 g/mol. The average Bonchev–Trinajstić information content (AvgIpc) is 2.47. The molecule has 0 fully saturated rings. The molecule has 6 nitrogen and oxygen atoms in total. The molecule has 0 aromatic heterocycles. The number of benzene rings is 1. The fourth-order valence-corrected chi connectivity index (χ4v) is 2.98. The highest BCUT2D eigenvalue weighted by atomic mass is 32.2. The van der Waals surface area contributed by atoms with Gasteiger partial charge in [-0.15, -0.1) is 0 Å². The molecule has 0 spiro atoms. The Balaban J connectivity index is 2.59. The quantitative estimate of drug-likeness (QED) is 0.728. The fourth-order valence-electron chi connectivity index (χ4n) is 1.90. The number of nitrogens with two attached hydrogens (primary N) is 1. The van der Waals surface area contributed by atoms with Gasteiger partial charge in [0.1, 0.15) is 0 Å². The van der Waals surface area contributed by atoms with Gasteiger partial charge >= 0.3 is 0 Å². The maximum atomic E-state index is 12.0. The molecule has 0 unspecified atom stereocenters. The highest BCUT2D eigenvalue weighted by molar-refractivity contribution is 7.88. The molecule has 7 heteroatoms. The van der Waals surface area contributed by atoms with Crippen LogP contribution in [0.5, 0.6) is 0 Å². The Morgan fingerprint density at radius 1 is 1.14 bits per heavy atom. The van der Waals surface area contributed by atoms with Gasteiger partial charge in [0.15, 0.2) is 0 Å². The third-order valence-electron chi connectivity index (χ3n) is 3.17. The van der Waals surface area contributed by atoms with Crippen molar-refractivity contribution in [2.24, 2.45) is 5.73 Å². The maximum absolute atomic E-state index is 12.0. The van der Waals surface area contributed by atoms with Crippen LogP contribution in [0.25, 0.3) is 0 Å². The lowest BCUT2D eigenvalue weighted by Crippen LogP contribution is -2.40. The van der Waals surface area contributed by atoms with Crippen molar-refractivity contribution in [1.29, 1.82) is 0 Å². The summed E-state index contributed by atoms with van der Waals surface area (Å²) in [4.78, 5) is 13.4. The molecular formula is C14H23N3O3S. The number of carbonyl (C=O) groups excluding carboxylic acids is 1. The van der Waals surface area contributed by atoms with Crippen molar-refractivity contribution in [3.05, 3.63) is 35.4 Å². The topological polar surface area (TPSA) is 92.5 Å². The smallest absolute Gasteiger partial charge is 0.237 e. The van der Waals surface area contributed by atoms with E-state index in [-0.39, 0.29) is 18.2 Å². The summed E-state index contributed by atoms with van der Waals surface area (Å²) in [6.07, 6.45) is 0. The highest BCUT2D eigenvalue weighted by Gasteiger charge is 2.16. The van der Waals surface area contributed by atoms with Crippen LogP contribution in [-0.4, -0.2) is 38.9 Å². The van der Waals surface area contributed by atoms with Crippen molar-refractivity contribution in [2.75, 3.05) is 19.6 Å². The highest BCUT2D eigenvalue weighted by Crippen LogP contribution is 2.07. The van der Waals surface area contributed by atoms with E-state index in [1.807, 2.05) is 13.8 Å². The predicted octanol–water partition coefficient (Wildman–Crippen LogP) is 0.433. The molecule has 3 N–H and O–H groups in total. The van der Waals surface area contributed by atoms with Gasteiger partial charge in [0.2, 0.25) is 15.9 Å². The van der Waals surface area contributed by atoms with Crippen LogP contribution < -0.4 is 10.5 Å². The molecule has 0 heterocycles. The zero-order valence-electron chi connectivity index (χ0n) is 12.5. The maximum Gasteiger partial charge on any atom is 0.237 e. The lowest BCUT2D eigenvalue weighted by molar-refractivity contribution is -0.129. The van der Waals surface area contributed by atoms with Crippen molar-refractivity contribution in [1.82, 2.24) is 9.62 Å². The molecule has 1 rings (SSSR count). The van der Waals surface area contributed by atoms with Crippen molar-refractivity contribution >= 4 is 15.9 Å². The van der Waals surface area contributed by atoms with E-state index in [0.717, 1.165) is 5.56 Å². The van der Waals surface area contributed by atoms with Crippen LogP contribution in [0, 0.1) is 0 Å². The minimum atomic E-state index is -3.53. The summed E-state index contributed by atoms with van der Waals surface area (Å²) in [7, 11) is -3.53. The van der Waals surface area contributed by atoms with Gasteiger partial charge in [-0.2, -0.15) is 0 Å². The van der Waals surface area contributed by atoms with E-state index in [9.17, 15) is 13.2 Å². The van der Waals surface area contributed by atoms with Crippen LogP contribution in [0.15, 0.2) is 24.3 Å². The summed E-state index contributed by atoms with van der Waals surface area (Å²) in [6, 6.07) is 7.05. The summed E-state index contributed by atoms with van der Waals surface area (Å²) < 4.78 is 26.2. The van der Waals surface area contributed by atoms with E-state index in [4.69, 9.17) is 5.73 Å². The first-order chi connectivity index (χ1) is 9.91. The molecule has 0 atom stereocenters. The van der Waals surface area contributed by atoms with Crippen molar-refractivity contribution < 1.29 is 13.2 Å². The lowest BCUT2D eigenvalue weighted by Gasteiger charge is -2.18. The summed E-state index contributed by atoms with van der Waals surface area (Å²) in [5.41, 5.74) is 7.10. The van der Waals surface area contributed by atoms with E-state index < -0.39 is 10.0 Å². The summed E-state index contributed by atoms with van der Waals surface area (Å²) in [6.45, 7) is 5.06. The molecule has 1 aromatic carbocycles. The molecule has 1 aromatic rings. The van der Waals surface area contributed by atoms with Gasteiger partial charge in [-0.05, 0) is 25.0 Å². The van der Waals surface area contributed by atoms with E-state index in [1.165, 1.54) is 0 Å². The van der Waals surface area contributed by atoms with Crippen LogP contribution in [0.1, 0.15) is 25.0 Å². The Hall–Kier alpha value is -1.44. The van der Waals surface area contributed by atoms with E-state index in [1.54, 1.807) is 29.2 Å². The molecule has 21 heavy (non-hydrogen) atoms. The van der Waals surface area contributed by atoms with Crippen LogP contribution in [0.2, 0.25) is 0 Å². The van der Waals surface area contributed by atoms with E-state index >= 15 is 0 Å². The first kappa shape index (κ1) is 17.6. The molecule has 118 valence electrons. The molecule has 0 aliphatic carbocycles. The van der Waals surface area contributed by atoms with E-state index in [0.29, 0.717) is 25.2 Å². The van der Waals surface area contributed by atoms with Gasteiger partial charge in [-0.1, -0.05) is 24.3 Å². The van der Waals surface area contributed by atoms with Crippen LogP contribution in [0.4, 0.5) is 0 Å². The summed E-state index contributed by atoms with van der Waals surface area (Å²) in [5.74, 6) is -0.370. The molecule has 0 aliphatic heterocycles. The zero-order chi connectivity index (χ0) is 15.9. The SMILES string of the molecule is CCN(CC)C(=O)CNS(=O)(=O)Cc1ccc(CN)cc1. The van der Waals surface area contributed by atoms with Crippen molar-refractivity contribution in [3.8, 4) is 0 Å². The number of hydrogen-bond donors (Lipinski definition) is 2. The second-order valence-corrected chi connectivity index (χ2v) is 6.47. The monoisotopic (exact) mass is 313 g/mol. The minimum Gasteiger partial charge on any atom is -0.342 e. The van der Waals surface area contributed by atoms with Gasteiger partial charge in [0.05, 0.1) is 12.3 Å². The van der Waals surface area contributed by atoms with Crippen molar-refractivity contribution in [2.45, 2.75) is 26.1 Å². The Bertz CT molecular complexity index is 551.